The Bertz CT molecular complexity index is 666. The number of amides is 1. The normalized spacial score (nSPS) is 16.4. The van der Waals surface area contributed by atoms with E-state index in [9.17, 15) is 4.79 Å². The fourth-order valence-electron chi connectivity index (χ4n) is 3.50. The van der Waals surface area contributed by atoms with Gasteiger partial charge >= 0.3 is 0 Å². The Balaban J connectivity index is 1.85. The van der Waals surface area contributed by atoms with Crippen molar-refractivity contribution in [3.05, 3.63) is 65.7 Å². The molecule has 1 fully saturated rings. The third-order valence-electron chi connectivity index (χ3n) is 4.70. The molecule has 1 amide bonds. The third kappa shape index (κ3) is 3.95. The maximum absolute atomic E-state index is 12.2. The Kier molecular flexibility index (Phi) is 5.49. The van der Waals surface area contributed by atoms with E-state index in [4.69, 9.17) is 5.21 Å². The van der Waals surface area contributed by atoms with Crippen molar-refractivity contribution in [3.63, 3.8) is 0 Å². The van der Waals surface area contributed by atoms with Crippen molar-refractivity contribution in [2.75, 3.05) is 5.32 Å². The standard InChI is InChI=1S/C20H24N2O2/c23-20(22-24)19(15-8-3-1-4-9-15)16-10-7-13-18(14-16)21-17-11-5-2-6-12-17/h1,3-4,7-10,13-14,17,19,21,24H,2,5-6,11-12H2,(H,22,23). The number of anilines is 1. The van der Waals surface area contributed by atoms with Crippen molar-refractivity contribution in [1.82, 2.24) is 5.48 Å². The summed E-state index contributed by atoms with van der Waals surface area (Å²) in [5.41, 5.74) is 4.57. The second-order valence-corrected chi connectivity index (χ2v) is 6.42. The second kappa shape index (κ2) is 7.97. The fraction of sp³-hybridized carbons (Fsp3) is 0.350. The molecule has 4 nitrogen and oxygen atoms in total. The zero-order valence-corrected chi connectivity index (χ0v) is 13.7. The highest BCUT2D eigenvalue weighted by atomic mass is 16.5. The average molecular weight is 324 g/mol. The van der Waals surface area contributed by atoms with Crippen LogP contribution in [0.3, 0.4) is 0 Å². The molecule has 0 heterocycles. The van der Waals surface area contributed by atoms with Gasteiger partial charge in [0.2, 0.25) is 0 Å². The fourth-order valence-corrected chi connectivity index (χ4v) is 3.50. The highest BCUT2D eigenvalue weighted by Crippen LogP contribution is 2.28. The molecule has 4 heteroatoms. The Morgan fingerprint density at radius 2 is 1.67 bits per heavy atom. The summed E-state index contributed by atoms with van der Waals surface area (Å²) >= 11 is 0. The van der Waals surface area contributed by atoms with E-state index >= 15 is 0 Å². The van der Waals surface area contributed by atoms with Gasteiger partial charge < -0.3 is 5.32 Å². The summed E-state index contributed by atoms with van der Waals surface area (Å²) in [5, 5.41) is 12.7. The van der Waals surface area contributed by atoms with Crippen LogP contribution in [0.4, 0.5) is 5.69 Å². The highest BCUT2D eigenvalue weighted by molar-refractivity contribution is 5.86. The second-order valence-electron chi connectivity index (χ2n) is 6.42. The van der Waals surface area contributed by atoms with E-state index in [0.717, 1.165) is 16.8 Å². The predicted molar refractivity (Wildman–Crippen MR) is 95.2 cm³/mol. The first-order valence-corrected chi connectivity index (χ1v) is 8.63. The van der Waals surface area contributed by atoms with Crippen LogP contribution in [0.5, 0.6) is 0 Å². The van der Waals surface area contributed by atoms with Gasteiger partial charge in [-0.15, -0.1) is 0 Å². The van der Waals surface area contributed by atoms with Gasteiger partial charge in [-0.25, -0.2) is 5.48 Å². The van der Waals surface area contributed by atoms with Gasteiger partial charge in [0.1, 0.15) is 0 Å². The maximum Gasteiger partial charge on any atom is 0.255 e. The Labute approximate surface area is 142 Å². The topological polar surface area (TPSA) is 61.4 Å². The molecule has 0 radical (unpaired) electrons. The lowest BCUT2D eigenvalue weighted by atomic mass is 9.90. The minimum atomic E-state index is -0.524. The van der Waals surface area contributed by atoms with Crippen LogP contribution in [0.25, 0.3) is 0 Å². The smallest absolute Gasteiger partial charge is 0.255 e. The minimum Gasteiger partial charge on any atom is -0.382 e. The number of hydrogen-bond acceptors (Lipinski definition) is 3. The molecule has 0 saturated heterocycles. The molecule has 2 aromatic rings. The summed E-state index contributed by atoms with van der Waals surface area (Å²) in [6.07, 6.45) is 6.27. The van der Waals surface area contributed by atoms with E-state index < -0.39 is 11.8 Å². The molecule has 1 atom stereocenters. The van der Waals surface area contributed by atoms with Gasteiger partial charge in [-0.05, 0) is 36.1 Å². The van der Waals surface area contributed by atoms with Crippen LogP contribution in [0.1, 0.15) is 49.1 Å². The molecule has 1 saturated carbocycles. The Morgan fingerprint density at radius 3 is 2.38 bits per heavy atom. The molecule has 2 aromatic carbocycles. The number of benzene rings is 2. The first-order chi connectivity index (χ1) is 11.8. The van der Waals surface area contributed by atoms with E-state index in [1.54, 1.807) is 5.48 Å². The van der Waals surface area contributed by atoms with Crippen molar-refractivity contribution in [2.24, 2.45) is 0 Å². The van der Waals surface area contributed by atoms with Crippen molar-refractivity contribution < 1.29 is 10.0 Å². The van der Waals surface area contributed by atoms with E-state index in [1.165, 1.54) is 32.1 Å². The van der Waals surface area contributed by atoms with Gasteiger partial charge in [0.25, 0.3) is 5.91 Å². The summed E-state index contributed by atoms with van der Waals surface area (Å²) in [6.45, 7) is 0. The summed E-state index contributed by atoms with van der Waals surface area (Å²) in [4.78, 5) is 12.2. The minimum absolute atomic E-state index is 0.420. The van der Waals surface area contributed by atoms with Crippen LogP contribution in [0.15, 0.2) is 54.6 Å². The van der Waals surface area contributed by atoms with E-state index in [-0.39, 0.29) is 0 Å². The number of carbonyl (C=O) groups is 1. The molecular formula is C20H24N2O2. The number of nitrogens with one attached hydrogen (secondary N) is 2. The molecule has 0 spiro atoms. The van der Waals surface area contributed by atoms with E-state index in [2.05, 4.69) is 5.32 Å². The van der Waals surface area contributed by atoms with Crippen LogP contribution in [0, 0.1) is 0 Å². The summed E-state index contributed by atoms with van der Waals surface area (Å²) in [5.74, 6) is -0.944. The first-order valence-electron chi connectivity index (χ1n) is 8.63. The first kappa shape index (κ1) is 16.5. The molecule has 0 bridgehead atoms. The molecule has 1 unspecified atom stereocenters. The monoisotopic (exact) mass is 324 g/mol. The molecule has 126 valence electrons. The van der Waals surface area contributed by atoms with E-state index in [0.29, 0.717) is 6.04 Å². The average Bonchev–Trinajstić information content (AvgIpc) is 2.64. The highest BCUT2D eigenvalue weighted by Gasteiger charge is 2.23. The van der Waals surface area contributed by atoms with Crippen molar-refractivity contribution in [3.8, 4) is 0 Å². The number of carbonyl (C=O) groups excluding carboxylic acids is 1. The van der Waals surface area contributed by atoms with Crippen LogP contribution in [-0.4, -0.2) is 17.2 Å². The van der Waals surface area contributed by atoms with Gasteiger partial charge in [0.05, 0.1) is 5.92 Å². The molecule has 0 aliphatic heterocycles. The quantitative estimate of drug-likeness (QED) is 0.574. The summed E-state index contributed by atoms with van der Waals surface area (Å²) < 4.78 is 0. The Hall–Kier alpha value is -2.33. The third-order valence-corrected chi connectivity index (χ3v) is 4.70. The lowest BCUT2D eigenvalue weighted by Crippen LogP contribution is -2.27. The maximum atomic E-state index is 12.2. The van der Waals surface area contributed by atoms with Crippen LogP contribution >= 0.6 is 0 Å². The lowest BCUT2D eigenvalue weighted by molar-refractivity contribution is -0.129. The number of hydroxylamine groups is 1. The molecule has 3 N–H and O–H groups in total. The van der Waals surface area contributed by atoms with Gasteiger partial charge in [0.15, 0.2) is 0 Å². The number of hydrogen-bond donors (Lipinski definition) is 3. The summed E-state index contributed by atoms with van der Waals surface area (Å²) in [7, 11) is 0. The van der Waals surface area contributed by atoms with Gasteiger partial charge in [-0.3, -0.25) is 10.0 Å². The van der Waals surface area contributed by atoms with Gasteiger partial charge in [0, 0.05) is 11.7 Å². The van der Waals surface area contributed by atoms with Crippen molar-refractivity contribution >= 4 is 11.6 Å². The number of rotatable bonds is 5. The van der Waals surface area contributed by atoms with Gasteiger partial charge in [-0.2, -0.15) is 0 Å². The zero-order chi connectivity index (χ0) is 16.8. The lowest BCUT2D eigenvalue weighted by Gasteiger charge is -2.24. The van der Waals surface area contributed by atoms with Crippen LogP contribution in [0.2, 0.25) is 0 Å². The molecule has 3 rings (SSSR count). The molecule has 24 heavy (non-hydrogen) atoms. The molecular weight excluding hydrogens is 300 g/mol. The van der Waals surface area contributed by atoms with Crippen LogP contribution in [-0.2, 0) is 4.79 Å². The van der Waals surface area contributed by atoms with Gasteiger partial charge in [-0.1, -0.05) is 61.7 Å². The SMILES string of the molecule is O=C(NO)C(c1ccccc1)c1cccc(NC2CCCCC2)c1. The molecule has 0 aromatic heterocycles. The molecule has 1 aliphatic carbocycles. The Morgan fingerprint density at radius 1 is 0.958 bits per heavy atom. The van der Waals surface area contributed by atoms with Crippen molar-refractivity contribution in [2.45, 2.75) is 44.1 Å². The van der Waals surface area contributed by atoms with E-state index in [1.807, 2.05) is 54.6 Å². The zero-order valence-electron chi connectivity index (χ0n) is 13.7. The summed E-state index contributed by atoms with van der Waals surface area (Å²) in [6, 6.07) is 18.0. The predicted octanol–water partition coefficient (Wildman–Crippen LogP) is 4.07. The van der Waals surface area contributed by atoms with Crippen molar-refractivity contribution in [1.29, 1.82) is 0 Å². The largest absolute Gasteiger partial charge is 0.382 e. The molecule has 1 aliphatic rings. The van der Waals surface area contributed by atoms with Crippen LogP contribution < -0.4 is 10.8 Å².